The Balaban J connectivity index is 1.86. The molecule has 0 spiro atoms. The highest BCUT2D eigenvalue weighted by molar-refractivity contribution is 7.09. The van der Waals surface area contributed by atoms with Crippen LogP contribution in [0.2, 0.25) is 0 Å². The number of hydrogen-bond acceptors (Lipinski definition) is 3. The molecule has 0 aliphatic rings. The number of aromatic nitrogens is 1. The molecule has 1 aromatic heterocycles. The number of rotatable bonds is 5. The minimum absolute atomic E-state index is 0.100. The molecule has 21 heavy (non-hydrogen) atoms. The molecule has 1 heterocycles. The van der Waals surface area contributed by atoms with Gasteiger partial charge in [0.1, 0.15) is 0 Å². The molecule has 0 saturated heterocycles. The fourth-order valence-corrected chi connectivity index (χ4v) is 2.44. The second-order valence-corrected chi connectivity index (χ2v) is 5.46. The van der Waals surface area contributed by atoms with Crippen LogP contribution < -0.4 is 10.6 Å². The van der Waals surface area contributed by atoms with Crippen molar-refractivity contribution in [2.75, 3.05) is 11.9 Å². The van der Waals surface area contributed by atoms with Crippen molar-refractivity contribution in [3.8, 4) is 0 Å². The van der Waals surface area contributed by atoms with E-state index < -0.39 is 12.5 Å². The number of nitrogens with one attached hydrogen (secondary N) is 2. The van der Waals surface area contributed by atoms with E-state index in [-0.39, 0.29) is 11.5 Å². The van der Waals surface area contributed by atoms with E-state index in [1.54, 1.807) is 12.3 Å². The number of anilines is 1. The van der Waals surface area contributed by atoms with Crippen LogP contribution in [0.5, 0.6) is 0 Å². The van der Waals surface area contributed by atoms with Gasteiger partial charge >= 0.3 is 6.03 Å². The highest BCUT2D eigenvalue weighted by Gasteiger charge is 2.11. The third-order valence-corrected chi connectivity index (χ3v) is 3.85. The molecule has 1 atom stereocenters. The van der Waals surface area contributed by atoms with E-state index in [2.05, 4.69) is 15.6 Å². The molecular formula is C14H15F2N3OS. The normalized spacial score (nSPS) is 12.2. The van der Waals surface area contributed by atoms with E-state index >= 15 is 0 Å². The summed E-state index contributed by atoms with van der Waals surface area (Å²) in [6.45, 7) is 2.38. The van der Waals surface area contributed by atoms with Crippen LogP contribution in [-0.2, 0) is 0 Å². The highest BCUT2D eigenvalue weighted by atomic mass is 32.1. The average molecular weight is 311 g/mol. The Morgan fingerprint density at radius 3 is 2.90 bits per heavy atom. The molecule has 7 heteroatoms. The van der Waals surface area contributed by atoms with Crippen LogP contribution in [0, 0.1) is 0 Å². The average Bonchev–Trinajstić information content (AvgIpc) is 2.99. The molecule has 0 bridgehead atoms. The summed E-state index contributed by atoms with van der Waals surface area (Å²) < 4.78 is 25.1. The van der Waals surface area contributed by atoms with E-state index in [1.165, 1.54) is 29.5 Å². The van der Waals surface area contributed by atoms with Crippen LogP contribution in [0.4, 0.5) is 19.3 Å². The first-order valence-electron chi connectivity index (χ1n) is 6.38. The van der Waals surface area contributed by atoms with Gasteiger partial charge in [-0.05, 0) is 12.1 Å². The van der Waals surface area contributed by atoms with E-state index in [9.17, 15) is 13.6 Å². The molecule has 4 nitrogen and oxygen atoms in total. The first kappa shape index (κ1) is 15.4. The van der Waals surface area contributed by atoms with Crippen molar-refractivity contribution in [3.05, 3.63) is 46.4 Å². The van der Waals surface area contributed by atoms with Crippen molar-refractivity contribution < 1.29 is 13.6 Å². The molecule has 2 N–H and O–H groups in total. The largest absolute Gasteiger partial charge is 0.337 e. The van der Waals surface area contributed by atoms with Crippen LogP contribution in [0.25, 0.3) is 0 Å². The minimum Gasteiger partial charge on any atom is -0.337 e. The van der Waals surface area contributed by atoms with E-state index in [1.807, 2.05) is 12.3 Å². The molecule has 0 aliphatic heterocycles. The van der Waals surface area contributed by atoms with E-state index in [0.29, 0.717) is 12.2 Å². The lowest BCUT2D eigenvalue weighted by Crippen LogP contribution is -2.31. The summed E-state index contributed by atoms with van der Waals surface area (Å²) in [4.78, 5) is 15.9. The van der Waals surface area contributed by atoms with Gasteiger partial charge in [-0.2, -0.15) is 0 Å². The van der Waals surface area contributed by atoms with Gasteiger partial charge in [0, 0.05) is 35.3 Å². The third-order valence-electron chi connectivity index (χ3n) is 2.84. The number of thiazole rings is 1. The molecular weight excluding hydrogens is 296 g/mol. The molecule has 0 saturated carbocycles. The SMILES string of the molecule is CC(CNC(=O)Nc1cccc(C(F)F)c1)c1nccs1. The molecule has 2 amide bonds. The van der Waals surface area contributed by atoms with Crippen molar-refractivity contribution in [2.24, 2.45) is 0 Å². The van der Waals surface area contributed by atoms with E-state index in [0.717, 1.165) is 5.01 Å². The van der Waals surface area contributed by atoms with Crippen molar-refractivity contribution in [1.82, 2.24) is 10.3 Å². The zero-order valence-corrected chi connectivity index (χ0v) is 12.2. The number of alkyl halides is 2. The summed E-state index contributed by atoms with van der Waals surface area (Å²) in [5.41, 5.74) is 0.219. The number of benzene rings is 1. The summed E-state index contributed by atoms with van der Waals surface area (Å²) in [7, 11) is 0. The summed E-state index contributed by atoms with van der Waals surface area (Å²) in [5, 5.41) is 8.05. The summed E-state index contributed by atoms with van der Waals surface area (Å²) in [6, 6.07) is 5.20. The van der Waals surface area contributed by atoms with Crippen molar-refractivity contribution in [1.29, 1.82) is 0 Å². The quantitative estimate of drug-likeness (QED) is 0.876. The van der Waals surface area contributed by atoms with Crippen LogP contribution >= 0.6 is 11.3 Å². The number of amides is 2. The van der Waals surface area contributed by atoms with Crippen LogP contribution in [-0.4, -0.2) is 17.6 Å². The molecule has 1 unspecified atom stereocenters. The predicted molar refractivity (Wildman–Crippen MR) is 78.9 cm³/mol. The van der Waals surface area contributed by atoms with E-state index in [4.69, 9.17) is 0 Å². The number of halogens is 2. The van der Waals surface area contributed by atoms with Crippen molar-refractivity contribution >= 4 is 23.1 Å². The number of nitrogens with zero attached hydrogens (tertiary/aromatic N) is 1. The minimum atomic E-state index is -2.56. The summed E-state index contributed by atoms with van der Waals surface area (Å²) in [5.74, 6) is 0.100. The van der Waals surface area contributed by atoms with Crippen LogP contribution in [0.1, 0.15) is 29.8 Å². The van der Waals surface area contributed by atoms with Crippen molar-refractivity contribution in [2.45, 2.75) is 19.3 Å². The molecule has 0 fully saturated rings. The van der Waals surface area contributed by atoms with Gasteiger partial charge in [0.15, 0.2) is 0 Å². The number of hydrogen-bond donors (Lipinski definition) is 2. The van der Waals surface area contributed by atoms with Crippen molar-refractivity contribution in [3.63, 3.8) is 0 Å². The Labute approximate surface area is 125 Å². The Morgan fingerprint density at radius 2 is 2.24 bits per heavy atom. The van der Waals surface area contributed by atoms with Gasteiger partial charge in [0.2, 0.25) is 0 Å². The first-order valence-corrected chi connectivity index (χ1v) is 7.26. The Hall–Kier alpha value is -2.02. The lowest BCUT2D eigenvalue weighted by Gasteiger charge is -2.11. The van der Waals surface area contributed by atoms with Gasteiger partial charge in [-0.1, -0.05) is 19.1 Å². The second kappa shape index (κ2) is 7.12. The molecule has 1 aromatic carbocycles. The molecule has 0 aliphatic carbocycles. The first-order chi connectivity index (χ1) is 10.1. The fourth-order valence-electron chi connectivity index (χ4n) is 1.74. The lowest BCUT2D eigenvalue weighted by atomic mass is 10.2. The Kier molecular flexibility index (Phi) is 5.21. The lowest BCUT2D eigenvalue weighted by molar-refractivity contribution is 0.151. The maximum absolute atomic E-state index is 12.6. The molecule has 0 radical (unpaired) electrons. The van der Waals surface area contributed by atoms with Gasteiger partial charge in [-0.3, -0.25) is 0 Å². The monoisotopic (exact) mass is 311 g/mol. The van der Waals surface area contributed by atoms with Gasteiger partial charge < -0.3 is 10.6 Å². The third kappa shape index (κ3) is 4.49. The summed E-state index contributed by atoms with van der Waals surface area (Å²) >= 11 is 1.53. The highest BCUT2D eigenvalue weighted by Crippen LogP contribution is 2.21. The van der Waals surface area contributed by atoms with Gasteiger partial charge in [-0.15, -0.1) is 11.3 Å². The zero-order valence-electron chi connectivity index (χ0n) is 11.3. The standard InChI is InChI=1S/C14H15F2N3OS/c1-9(13-17-5-6-21-13)8-18-14(20)19-11-4-2-3-10(7-11)12(15)16/h2-7,9,12H,8H2,1H3,(H2,18,19,20). The van der Waals surface area contributed by atoms with Gasteiger partial charge in [0.05, 0.1) is 5.01 Å². The smallest absolute Gasteiger partial charge is 0.319 e. The maximum Gasteiger partial charge on any atom is 0.319 e. The van der Waals surface area contributed by atoms with Gasteiger partial charge in [0.25, 0.3) is 6.43 Å². The van der Waals surface area contributed by atoms with Gasteiger partial charge in [-0.25, -0.2) is 18.6 Å². The predicted octanol–water partition coefficient (Wildman–Crippen LogP) is 4.01. The molecule has 2 rings (SSSR count). The second-order valence-electron chi connectivity index (χ2n) is 4.53. The Morgan fingerprint density at radius 1 is 1.43 bits per heavy atom. The Bertz CT molecular complexity index is 590. The maximum atomic E-state index is 12.6. The van der Waals surface area contributed by atoms with Crippen LogP contribution in [0.3, 0.4) is 0 Å². The van der Waals surface area contributed by atoms with Crippen LogP contribution in [0.15, 0.2) is 35.8 Å². The zero-order chi connectivity index (χ0) is 15.2. The molecule has 112 valence electrons. The molecule has 2 aromatic rings. The number of urea groups is 1. The number of carbonyl (C=O) groups is 1. The topological polar surface area (TPSA) is 54.0 Å². The number of carbonyl (C=O) groups excluding carboxylic acids is 1. The summed E-state index contributed by atoms with van der Waals surface area (Å²) in [6.07, 6.45) is -0.841. The fraction of sp³-hybridized carbons (Fsp3) is 0.286.